The zero-order chi connectivity index (χ0) is 32.8. The number of fused-ring (bicyclic) bond motifs is 3. The first-order valence-corrected chi connectivity index (χ1v) is 17.4. The number of piperidine rings is 1. The predicted molar refractivity (Wildman–Crippen MR) is 181 cm³/mol. The molecule has 4 aliphatic rings. The van der Waals surface area contributed by atoms with E-state index in [1.807, 2.05) is 0 Å². The molecule has 0 amide bonds. The molecule has 250 valence electrons. The highest BCUT2D eigenvalue weighted by molar-refractivity contribution is 6.03. The second-order valence-corrected chi connectivity index (χ2v) is 14.1. The summed E-state index contributed by atoms with van der Waals surface area (Å²) in [6.07, 6.45) is 17.8. The monoisotopic (exact) mass is 653 g/mol. The maximum absolute atomic E-state index is 16.9. The molecule has 48 heavy (non-hydrogen) atoms. The van der Waals surface area contributed by atoms with E-state index < -0.39 is 11.6 Å². The smallest absolute Gasteiger partial charge is 0.319 e. The van der Waals surface area contributed by atoms with Crippen LogP contribution in [0.1, 0.15) is 63.4 Å². The third-order valence-corrected chi connectivity index (χ3v) is 11.0. The summed E-state index contributed by atoms with van der Waals surface area (Å²) in [6, 6.07) is 6.19. The quantitative estimate of drug-likeness (QED) is 0.207. The van der Waals surface area contributed by atoms with E-state index in [-0.39, 0.29) is 39.5 Å². The number of ether oxygens (including phenoxy) is 2. The fourth-order valence-corrected chi connectivity index (χ4v) is 8.47. The van der Waals surface area contributed by atoms with Gasteiger partial charge in [-0.3, -0.25) is 9.88 Å². The van der Waals surface area contributed by atoms with Gasteiger partial charge in [0.1, 0.15) is 28.6 Å². The number of hydrogen-bond acceptors (Lipinski definition) is 8. The Morgan fingerprint density at radius 1 is 1.04 bits per heavy atom. The number of pyridine rings is 1. The van der Waals surface area contributed by atoms with Gasteiger partial charge in [-0.25, -0.2) is 8.78 Å². The largest absolute Gasteiger partial charge is 0.508 e. The van der Waals surface area contributed by atoms with Crippen LogP contribution in [0.3, 0.4) is 0 Å². The lowest BCUT2D eigenvalue weighted by Gasteiger charge is -2.46. The van der Waals surface area contributed by atoms with Crippen molar-refractivity contribution >= 4 is 27.5 Å². The van der Waals surface area contributed by atoms with E-state index >= 15 is 4.39 Å². The molecule has 0 radical (unpaired) electrons. The maximum Gasteiger partial charge on any atom is 0.319 e. The van der Waals surface area contributed by atoms with Gasteiger partial charge in [0, 0.05) is 48.3 Å². The van der Waals surface area contributed by atoms with Gasteiger partial charge in [-0.1, -0.05) is 31.2 Å². The number of phenols is 1. The summed E-state index contributed by atoms with van der Waals surface area (Å²) < 4.78 is 44.0. The van der Waals surface area contributed by atoms with Crippen LogP contribution in [0.5, 0.6) is 11.8 Å². The van der Waals surface area contributed by atoms with Crippen molar-refractivity contribution in [3.8, 4) is 35.4 Å². The third-order valence-electron chi connectivity index (χ3n) is 11.0. The Balaban J connectivity index is 1.20. The highest BCUT2D eigenvalue weighted by Gasteiger charge is 2.48. The number of aromatic nitrogens is 3. The fourth-order valence-electron chi connectivity index (χ4n) is 8.47. The van der Waals surface area contributed by atoms with Gasteiger partial charge in [0.05, 0.1) is 24.2 Å². The van der Waals surface area contributed by atoms with Crippen molar-refractivity contribution in [1.29, 1.82) is 0 Å². The summed E-state index contributed by atoms with van der Waals surface area (Å²) in [5.41, 5.74) is 0.145. The third kappa shape index (κ3) is 5.71. The highest BCUT2D eigenvalue weighted by atomic mass is 19.1. The van der Waals surface area contributed by atoms with Crippen LogP contribution in [0, 0.1) is 35.3 Å². The van der Waals surface area contributed by atoms with Crippen LogP contribution in [0.25, 0.3) is 32.9 Å². The molecule has 0 spiro atoms. The Morgan fingerprint density at radius 2 is 1.92 bits per heavy atom. The lowest BCUT2D eigenvalue weighted by atomic mass is 9.75. The Bertz CT molecular complexity index is 1900. The first-order chi connectivity index (χ1) is 23.4. The number of aromatic hydroxyl groups is 1. The van der Waals surface area contributed by atoms with Crippen LogP contribution in [-0.2, 0) is 4.74 Å². The Morgan fingerprint density at radius 3 is 2.77 bits per heavy atom. The number of phenolic OH excluding ortho intramolecular Hbond substituents is 1. The molecular formula is C38H41F2N5O3. The van der Waals surface area contributed by atoms with Gasteiger partial charge in [0.2, 0.25) is 0 Å². The van der Waals surface area contributed by atoms with Gasteiger partial charge in [-0.15, -0.1) is 6.42 Å². The molecule has 2 aliphatic carbocycles. The van der Waals surface area contributed by atoms with Gasteiger partial charge in [-0.05, 0) is 81.1 Å². The molecule has 2 atom stereocenters. The van der Waals surface area contributed by atoms with Crippen LogP contribution >= 0.6 is 0 Å². The molecule has 8 nitrogen and oxygen atoms in total. The van der Waals surface area contributed by atoms with Gasteiger partial charge in [0.25, 0.3) is 0 Å². The number of hydrogen-bond donors (Lipinski definition) is 1. The zero-order valence-electron chi connectivity index (χ0n) is 27.2. The van der Waals surface area contributed by atoms with Crippen molar-refractivity contribution in [2.45, 2.75) is 63.8 Å². The van der Waals surface area contributed by atoms with Crippen LogP contribution in [-0.4, -0.2) is 77.0 Å². The molecule has 0 bridgehead atoms. The molecule has 2 aromatic heterocycles. The molecule has 1 N–H and O–H groups in total. The lowest BCUT2D eigenvalue weighted by Crippen LogP contribution is -2.52. The van der Waals surface area contributed by atoms with Crippen molar-refractivity contribution in [3.63, 3.8) is 0 Å². The minimum atomic E-state index is -0.716. The Labute approximate surface area is 279 Å². The summed E-state index contributed by atoms with van der Waals surface area (Å²) in [5.74, 6) is 2.41. The molecule has 2 unspecified atom stereocenters. The standard InChI is InChI=1S/C38H41F2N5O3/c1-2-27-30(39)10-9-25-20-26(46)21-28(32(25)27)34-33(40)35-29(22-41-34)36(45-15-5-18-47-19-17-45)43-37(42-35)48-23-38-12-3-6-31(38)44(14-4-13-38)16-11-24-7-8-24/h1,9-10,20-22,24,31,46H,3-8,11-19,23H2. The van der Waals surface area contributed by atoms with E-state index in [1.165, 1.54) is 56.4 Å². The van der Waals surface area contributed by atoms with Gasteiger partial charge in [0.15, 0.2) is 5.82 Å². The first-order valence-electron chi connectivity index (χ1n) is 17.4. The molecule has 8 rings (SSSR count). The molecule has 4 heterocycles. The number of terminal acetylenes is 1. The van der Waals surface area contributed by atoms with E-state index in [4.69, 9.17) is 20.9 Å². The summed E-state index contributed by atoms with van der Waals surface area (Å²) in [7, 11) is 0. The fraction of sp³-hybridized carbons (Fsp3) is 0.500. The molecule has 2 aromatic carbocycles. The molecule has 4 fully saturated rings. The SMILES string of the molecule is C#Cc1c(F)ccc2cc(O)cc(-c3ncc4c(N5CCCOCC5)nc(OCC56CCCC5N(CCC5CC5)CCC6)nc4c3F)c12. The minimum absolute atomic E-state index is 0.0227. The second-order valence-electron chi connectivity index (χ2n) is 14.1. The van der Waals surface area contributed by atoms with Crippen molar-refractivity contribution in [3.05, 3.63) is 47.7 Å². The van der Waals surface area contributed by atoms with Crippen LogP contribution in [0.4, 0.5) is 14.6 Å². The average molecular weight is 654 g/mol. The number of likely N-dealkylation sites (tertiary alicyclic amines) is 1. The average Bonchev–Trinajstić information content (AvgIpc) is 3.88. The van der Waals surface area contributed by atoms with Crippen molar-refractivity contribution in [2.75, 3.05) is 50.9 Å². The molecule has 2 saturated heterocycles. The highest BCUT2D eigenvalue weighted by Crippen LogP contribution is 2.49. The number of halogens is 2. The normalized spacial score (nSPS) is 23.3. The second kappa shape index (κ2) is 12.8. The molecule has 2 aliphatic heterocycles. The van der Waals surface area contributed by atoms with E-state index in [0.29, 0.717) is 60.9 Å². The maximum atomic E-state index is 16.9. The summed E-state index contributed by atoms with van der Waals surface area (Å²) in [4.78, 5) is 18.9. The predicted octanol–water partition coefficient (Wildman–Crippen LogP) is 6.85. The van der Waals surface area contributed by atoms with Crippen molar-refractivity contribution in [2.24, 2.45) is 11.3 Å². The van der Waals surface area contributed by atoms with E-state index in [1.54, 1.807) is 6.20 Å². The Hall–Kier alpha value is -4.07. The van der Waals surface area contributed by atoms with E-state index in [9.17, 15) is 9.50 Å². The van der Waals surface area contributed by atoms with Crippen LogP contribution < -0.4 is 9.64 Å². The van der Waals surface area contributed by atoms with E-state index in [0.717, 1.165) is 44.7 Å². The van der Waals surface area contributed by atoms with E-state index in [2.05, 4.69) is 25.7 Å². The number of rotatable bonds is 8. The van der Waals surface area contributed by atoms with Crippen LogP contribution in [0.2, 0.25) is 0 Å². The first kappa shape index (κ1) is 31.2. The molecule has 10 heteroatoms. The molecule has 4 aromatic rings. The Kier molecular flexibility index (Phi) is 8.29. The zero-order valence-corrected chi connectivity index (χ0v) is 27.2. The van der Waals surface area contributed by atoms with Crippen molar-refractivity contribution in [1.82, 2.24) is 19.9 Å². The van der Waals surface area contributed by atoms with Crippen molar-refractivity contribution < 1.29 is 23.4 Å². The summed E-state index contributed by atoms with van der Waals surface area (Å²) in [5, 5.41) is 11.8. The molecule has 2 saturated carbocycles. The number of anilines is 1. The molecular weight excluding hydrogens is 612 g/mol. The van der Waals surface area contributed by atoms with Gasteiger partial charge < -0.3 is 19.5 Å². The summed E-state index contributed by atoms with van der Waals surface area (Å²) >= 11 is 0. The topological polar surface area (TPSA) is 83.8 Å². The number of nitrogens with zero attached hydrogens (tertiary/aromatic N) is 5. The number of benzene rings is 2. The van der Waals surface area contributed by atoms with Gasteiger partial charge >= 0.3 is 6.01 Å². The summed E-state index contributed by atoms with van der Waals surface area (Å²) in [6.45, 7) is 5.20. The van der Waals surface area contributed by atoms with Crippen LogP contribution in [0.15, 0.2) is 30.5 Å². The van der Waals surface area contributed by atoms with Gasteiger partial charge in [-0.2, -0.15) is 9.97 Å². The minimum Gasteiger partial charge on any atom is -0.508 e. The lowest BCUT2D eigenvalue weighted by molar-refractivity contribution is -0.00133.